The van der Waals surface area contributed by atoms with Crippen LogP contribution in [0, 0.1) is 0 Å². The van der Waals surface area contributed by atoms with Crippen molar-refractivity contribution in [1.29, 1.82) is 0 Å². The van der Waals surface area contributed by atoms with Crippen LogP contribution >= 0.6 is 0 Å². The number of ether oxygens (including phenoxy) is 1. The van der Waals surface area contributed by atoms with E-state index in [1.165, 1.54) is 7.11 Å². The Hall–Kier alpha value is -1.81. The van der Waals surface area contributed by atoms with Crippen LogP contribution in [-0.4, -0.2) is 26.2 Å². The van der Waals surface area contributed by atoms with Crippen LogP contribution in [0.1, 0.15) is 6.42 Å². The smallest absolute Gasteiger partial charge is 0.337 e. The van der Waals surface area contributed by atoms with Gasteiger partial charge in [-0.15, -0.1) is 0 Å². The van der Waals surface area contributed by atoms with Gasteiger partial charge < -0.3 is 15.8 Å². The van der Waals surface area contributed by atoms with Crippen molar-refractivity contribution >= 4 is 5.97 Å². The molecule has 1 rings (SSSR count). The lowest BCUT2D eigenvalue weighted by molar-refractivity contribution is -0.135. The van der Waals surface area contributed by atoms with Crippen LogP contribution in [-0.2, 0) is 9.53 Å². The minimum absolute atomic E-state index is 0.336. The first kappa shape index (κ1) is 13.3. The third-order valence-corrected chi connectivity index (χ3v) is 2.20. The van der Waals surface area contributed by atoms with E-state index >= 15 is 0 Å². The molecule has 0 unspecified atom stereocenters. The van der Waals surface area contributed by atoms with Crippen LogP contribution in [0.2, 0.25) is 0 Å². The number of nitrogens with one attached hydrogen (secondary N) is 1. The SMILES string of the molecule is COC(=O)C1=C/C=C(/NCCN)C=CC/C=C\1. The van der Waals surface area contributed by atoms with Crippen molar-refractivity contribution < 1.29 is 9.53 Å². The molecule has 0 saturated carbocycles. The molecule has 0 aromatic heterocycles. The van der Waals surface area contributed by atoms with Gasteiger partial charge in [0.15, 0.2) is 0 Å². The number of esters is 1. The quantitative estimate of drug-likeness (QED) is 0.713. The molecular weight excluding hydrogens is 216 g/mol. The molecule has 0 aromatic carbocycles. The predicted molar refractivity (Wildman–Crippen MR) is 68.1 cm³/mol. The van der Waals surface area contributed by atoms with E-state index in [1.807, 2.05) is 24.3 Å². The highest BCUT2D eigenvalue weighted by Gasteiger charge is 2.04. The molecule has 0 spiro atoms. The first-order chi connectivity index (χ1) is 8.27. The minimum atomic E-state index is -0.336. The van der Waals surface area contributed by atoms with Crippen LogP contribution in [0.3, 0.4) is 0 Å². The normalized spacial score (nSPS) is 23.2. The average Bonchev–Trinajstić information content (AvgIpc) is 2.47. The van der Waals surface area contributed by atoms with E-state index in [2.05, 4.69) is 5.32 Å². The average molecular weight is 234 g/mol. The fourth-order valence-electron chi connectivity index (χ4n) is 1.35. The van der Waals surface area contributed by atoms with Gasteiger partial charge in [0, 0.05) is 18.8 Å². The second-order valence-corrected chi connectivity index (χ2v) is 3.49. The van der Waals surface area contributed by atoms with Gasteiger partial charge in [-0.2, -0.15) is 0 Å². The molecule has 0 amide bonds. The van der Waals surface area contributed by atoms with E-state index in [0.717, 1.165) is 12.1 Å². The fourth-order valence-corrected chi connectivity index (χ4v) is 1.35. The number of hydrogen-bond acceptors (Lipinski definition) is 4. The molecule has 17 heavy (non-hydrogen) atoms. The number of carbonyl (C=O) groups is 1. The van der Waals surface area contributed by atoms with Gasteiger partial charge in [-0.25, -0.2) is 4.79 Å². The summed E-state index contributed by atoms with van der Waals surface area (Å²) in [5.74, 6) is -0.336. The molecule has 0 fully saturated rings. The highest BCUT2D eigenvalue weighted by Crippen LogP contribution is 2.06. The third-order valence-electron chi connectivity index (χ3n) is 2.20. The molecule has 92 valence electrons. The zero-order valence-electron chi connectivity index (χ0n) is 9.98. The molecule has 1 aliphatic carbocycles. The van der Waals surface area contributed by atoms with E-state index in [-0.39, 0.29) is 5.97 Å². The van der Waals surface area contributed by atoms with E-state index in [4.69, 9.17) is 10.5 Å². The van der Waals surface area contributed by atoms with Gasteiger partial charge >= 0.3 is 5.97 Å². The summed E-state index contributed by atoms with van der Waals surface area (Å²) in [6.07, 6.45) is 12.0. The number of nitrogens with two attached hydrogens (primary N) is 1. The third kappa shape index (κ3) is 4.70. The van der Waals surface area contributed by atoms with Crippen molar-refractivity contribution in [3.05, 3.63) is 47.7 Å². The van der Waals surface area contributed by atoms with E-state index in [0.29, 0.717) is 18.7 Å². The topological polar surface area (TPSA) is 64.3 Å². The highest BCUT2D eigenvalue weighted by atomic mass is 16.5. The second-order valence-electron chi connectivity index (χ2n) is 3.49. The molecule has 0 radical (unpaired) electrons. The highest BCUT2D eigenvalue weighted by molar-refractivity contribution is 5.91. The van der Waals surface area contributed by atoms with Crippen LogP contribution in [0.15, 0.2) is 47.7 Å². The number of carbonyl (C=O) groups excluding carboxylic acids is 1. The molecular formula is C13H18N2O2. The van der Waals surface area contributed by atoms with E-state index in [9.17, 15) is 4.79 Å². The lowest BCUT2D eigenvalue weighted by atomic mass is 10.2. The van der Waals surface area contributed by atoms with Gasteiger partial charge in [-0.05, 0) is 24.6 Å². The molecule has 0 aromatic rings. The summed E-state index contributed by atoms with van der Waals surface area (Å²) in [6.45, 7) is 1.27. The zero-order chi connectivity index (χ0) is 12.5. The first-order valence-electron chi connectivity index (χ1n) is 5.55. The monoisotopic (exact) mass is 234 g/mol. The number of hydrogen-bond donors (Lipinski definition) is 2. The van der Waals surface area contributed by atoms with Gasteiger partial charge in [0.2, 0.25) is 0 Å². The summed E-state index contributed by atoms with van der Waals surface area (Å²) < 4.78 is 4.69. The van der Waals surface area contributed by atoms with Crippen molar-refractivity contribution in [1.82, 2.24) is 5.32 Å². The van der Waals surface area contributed by atoms with Crippen molar-refractivity contribution in [2.45, 2.75) is 6.42 Å². The Kier molecular flexibility index (Phi) is 5.82. The predicted octanol–water partition coefficient (Wildman–Crippen LogP) is 1.03. The Morgan fingerprint density at radius 2 is 2.18 bits per heavy atom. The summed E-state index contributed by atoms with van der Waals surface area (Å²) in [5, 5.41) is 3.17. The van der Waals surface area contributed by atoms with Crippen LogP contribution in [0.5, 0.6) is 0 Å². The molecule has 0 aliphatic heterocycles. The Labute approximate surface area is 102 Å². The van der Waals surface area contributed by atoms with Crippen molar-refractivity contribution in [3.63, 3.8) is 0 Å². The molecule has 0 saturated heterocycles. The standard InChI is InChI=1S/C13H18N2O2/c1-17-13(16)11-5-3-2-4-6-12(8-7-11)15-10-9-14/h3-8,15H,2,9-10,14H2,1H3/b5-3-,6-4?,11-7+,12-8+. The number of allylic oxidation sites excluding steroid dienone is 5. The molecule has 1 aliphatic rings. The van der Waals surface area contributed by atoms with Gasteiger partial charge in [0.25, 0.3) is 0 Å². The Bertz CT molecular complexity index is 379. The zero-order valence-corrected chi connectivity index (χ0v) is 9.98. The van der Waals surface area contributed by atoms with Gasteiger partial charge in [0.05, 0.1) is 12.7 Å². The maximum Gasteiger partial charge on any atom is 0.337 e. The van der Waals surface area contributed by atoms with Crippen LogP contribution in [0.4, 0.5) is 0 Å². The lowest BCUT2D eigenvalue weighted by Gasteiger charge is -2.04. The lowest BCUT2D eigenvalue weighted by Crippen LogP contribution is -2.21. The Morgan fingerprint density at radius 3 is 2.88 bits per heavy atom. The Morgan fingerprint density at radius 1 is 1.41 bits per heavy atom. The maximum atomic E-state index is 11.4. The Balaban J connectivity index is 2.85. The summed E-state index contributed by atoms with van der Waals surface area (Å²) >= 11 is 0. The largest absolute Gasteiger partial charge is 0.465 e. The van der Waals surface area contributed by atoms with E-state index in [1.54, 1.807) is 12.2 Å². The van der Waals surface area contributed by atoms with Gasteiger partial charge in [-0.1, -0.05) is 18.2 Å². The molecule has 4 heteroatoms. The summed E-state index contributed by atoms with van der Waals surface area (Å²) in [4.78, 5) is 11.4. The molecule has 0 atom stereocenters. The maximum absolute atomic E-state index is 11.4. The molecule has 3 N–H and O–H groups in total. The minimum Gasteiger partial charge on any atom is -0.465 e. The molecule has 4 nitrogen and oxygen atoms in total. The van der Waals surface area contributed by atoms with Crippen LogP contribution in [0.25, 0.3) is 0 Å². The first-order valence-corrected chi connectivity index (χ1v) is 5.55. The van der Waals surface area contributed by atoms with Crippen molar-refractivity contribution in [2.75, 3.05) is 20.2 Å². The van der Waals surface area contributed by atoms with E-state index < -0.39 is 0 Å². The summed E-state index contributed by atoms with van der Waals surface area (Å²) in [7, 11) is 1.37. The van der Waals surface area contributed by atoms with Crippen LogP contribution < -0.4 is 11.1 Å². The summed E-state index contributed by atoms with van der Waals surface area (Å²) in [5.41, 5.74) is 6.89. The second kappa shape index (κ2) is 7.46. The molecule has 0 bridgehead atoms. The van der Waals surface area contributed by atoms with Crippen molar-refractivity contribution in [3.8, 4) is 0 Å². The fraction of sp³-hybridized carbons (Fsp3) is 0.308. The molecule has 0 heterocycles. The van der Waals surface area contributed by atoms with Gasteiger partial charge in [-0.3, -0.25) is 0 Å². The van der Waals surface area contributed by atoms with Gasteiger partial charge in [0.1, 0.15) is 0 Å². The summed E-state index contributed by atoms with van der Waals surface area (Å²) in [6, 6.07) is 0. The number of methoxy groups -OCH3 is 1. The van der Waals surface area contributed by atoms with Crippen molar-refractivity contribution in [2.24, 2.45) is 5.73 Å². The number of rotatable bonds is 4.